The Labute approximate surface area is 348 Å². The van der Waals surface area contributed by atoms with Crippen LogP contribution in [0.25, 0.3) is 0 Å². The number of carbonyl (C=O) groups is 1. The number of phosphoric ester groups is 1. The maximum atomic E-state index is 12.9. The van der Waals surface area contributed by atoms with Crippen LogP contribution in [-0.2, 0) is 18.4 Å². The van der Waals surface area contributed by atoms with E-state index in [1.54, 1.807) is 6.08 Å². The molecule has 0 saturated heterocycles. The van der Waals surface area contributed by atoms with Gasteiger partial charge < -0.3 is 46.0 Å². The molecule has 13 nitrogen and oxygen atoms in total. The number of allylic oxidation sites excluding steroid dienone is 9. The zero-order chi connectivity index (χ0) is 43.0. The number of aliphatic hydroxyl groups is 7. The first-order chi connectivity index (χ1) is 27.8. The van der Waals surface area contributed by atoms with Gasteiger partial charge in [-0.1, -0.05) is 132 Å². The summed E-state index contributed by atoms with van der Waals surface area (Å²) in [6.45, 7) is 3.64. The minimum absolute atomic E-state index is 0.273. The summed E-state index contributed by atoms with van der Waals surface area (Å²) in [5, 5.41) is 74.2. The molecule has 0 aliphatic heterocycles. The quantitative estimate of drug-likeness (QED) is 0.0146. The van der Waals surface area contributed by atoms with Crippen molar-refractivity contribution in [3.8, 4) is 0 Å². The molecule has 0 aromatic carbocycles. The first kappa shape index (κ1) is 54.0. The number of nitrogens with one attached hydrogen (secondary N) is 1. The van der Waals surface area contributed by atoms with Crippen LogP contribution >= 0.6 is 7.82 Å². The van der Waals surface area contributed by atoms with Gasteiger partial charge in [-0.3, -0.25) is 13.8 Å². The van der Waals surface area contributed by atoms with Crippen LogP contribution in [0.3, 0.4) is 0 Å². The molecule has 1 rings (SSSR count). The average Bonchev–Trinajstić information content (AvgIpc) is 3.19. The lowest BCUT2D eigenvalue weighted by atomic mass is 9.85. The summed E-state index contributed by atoms with van der Waals surface area (Å²) in [6.07, 6.45) is 26.0. The largest absolute Gasteiger partial charge is 0.472 e. The maximum absolute atomic E-state index is 12.9. The maximum Gasteiger partial charge on any atom is 0.472 e. The van der Waals surface area contributed by atoms with E-state index in [-0.39, 0.29) is 6.42 Å². The number of carbonyl (C=O) groups excluding carboxylic acids is 1. The third-order valence-corrected chi connectivity index (χ3v) is 11.1. The standard InChI is InChI=1S/C44H78NO12P/c1-3-5-7-9-11-13-15-17-18-20-22-24-26-28-30-32-37(47)36(34-56-58(54,55)57-44-42(52)40(50)39(49)41(51)43(44)53)45-38(48)33-35(46)31-29-27-25-23-21-19-16-14-12-10-8-6-4-2/h12,14-17,19,22,24,30,32,35-37,39-44,46-47,49-53H,3-11,13,18,20-21,23,25-29,31,33-34H2,1-2H3,(H,45,48)(H,54,55)/b14-12-,17-15+,19-16-,24-22+,32-30+. The molecule has 0 spiro atoms. The number of aliphatic hydroxyl groups excluding tert-OH is 7. The summed E-state index contributed by atoms with van der Waals surface area (Å²) >= 11 is 0. The molecule has 1 aliphatic carbocycles. The number of unbranched alkanes of at least 4 members (excludes halogenated alkanes) is 14. The van der Waals surface area contributed by atoms with Gasteiger partial charge in [-0.2, -0.15) is 0 Å². The fourth-order valence-corrected chi connectivity index (χ4v) is 7.40. The van der Waals surface area contributed by atoms with E-state index in [1.165, 1.54) is 57.4 Å². The Morgan fingerprint density at radius 1 is 0.621 bits per heavy atom. The molecule has 1 saturated carbocycles. The van der Waals surface area contributed by atoms with E-state index in [2.05, 4.69) is 61.7 Å². The molecule has 8 atom stereocenters. The normalized spacial score (nSPS) is 24.4. The van der Waals surface area contributed by atoms with E-state index < -0.39 is 75.2 Å². The van der Waals surface area contributed by atoms with Crippen molar-refractivity contribution in [1.29, 1.82) is 0 Å². The van der Waals surface area contributed by atoms with Gasteiger partial charge in [0.1, 0.15) is 36.6 Å². The second-order valence-corrected chi connectivity index (χ2v) is 16.8. The zero-order valence-electron chi connectivity index (χ0n) is 35.2. The third-order valence-electron chi connectivity index (χ3n) is 10.1. The van der Waals surface area contributed by atoms with Crippen molar-refractivity contribution in [3.63, 3.8) is 0 Å². The van der Waals surface area contributed by atoms with Crippen LogP contribution in [-0.4, -0.2) is 108 Å². The van der Waals surface area contributed by atoms with Crippen molar-refractivity contribution < 1.29 is 59.0 Å². The summed E-state index contributed by atoms with van der Waals surface area (Å²) in [6, 6.07) is -1.27. The molecule has 14 heteroatoms. The van der Waals surface area contributed by atoms with Crippen LogP contribution in [0.4, 0.5) is 0 Å². The predicted octanol–water partition coefficient (Wildman–Crippen LogP) is 6.53. The summed E-state index contributed by atoms with van der Waals surface area (Å²) in [7, 11) is -5.16. The van der Waals surface area contributed by atoms with Crippen LogP contribution in [0.15, 0.2) is 60.8 Å². The molecule has 336 valence electrons. The van der Waals surface area contributed by atoms with Crippen molar-refractivity contribution in [2.75, 3.05) is 6.61 Å². The average molecular weight is 844 g/mol. The Balaban J connectivity index is 2.66. The molecule has 58 heavy (non-hydrogen) atoms. The van der Waals surface area contributed by atoms with Crippen LogP contribution < -0.4 is 5.32 Å². The summed E-state index contributed by atoms with van der Waals surface area (Å²) < 4.78 is 22.8. The van der Waals surface area contributed by atoms with E-state index in [4.69, 9.17) is 9.05 Å². The Bertz CT molecular complexity index is 1230. The van der Waals surface area contributed by atoms with E-state index in [0.29, 0.717) is 19.3 Å². The summed E-state index contributed by atoms with van der Waals surface area (Å²) in [4.78, 5) is 23.4. The molecule has 0 radical (unpaired) electrons. The molecule has 8 unspecified atom stereocenters. The van der Waals surface area contributed by atoms with Gasteiger partial charge in [0.25, 0.3) is 0 Å². The van der Waals surface area contributed by atoms with Crippen molar-refractivity contribution in [3.05, 3.63) is 60.8 Å². The number of amides is 1. The smallest absolute Gasteiger partial charge is 0.393 e. The molecule has 1 fully saturated rings. The zero-order valence-corrected chi connectivity index (χ0v) is 36.1. The molecule has 1 amide bonds. The second kappa shape index (κ2) is 33.7. The molecule has 0 bridgehead atoms. The van der Waals surface area contributed by atoms with E-state index in [1.807, 2.05) is 6.08 Å². The molecule has 0 aromatic heterocycles. The highest BCUT2D eigenvalue weighted by Crippen LogP contribution is 2.47. The summed E-state index contributed by atoms with van der Waals surface area (Å²) in [5.74, 6) is -0.623. The van der Waals surface area contributed by atoms with E-state index >= 15 is 0 Å². The van der Waals surface area contributed by atoms with Gasteiger partial charge in [-0.25, -0.2) is 4.57 Å². The van der Waals surface area contributed by atoms with Gasteiger partial charge in [0, 0.05) is 0 Å². The molecular formula is C44H78NO12P. The lowest BCUT2D eigenvalue weighted by Crippen LogP contribution is -2.64. The van der Waals surface area contributed by atoms with Crippen LogP contribution in [0, 0.1) is 0 Å². The van der Waals surface area contributed by atoms with Crippen molar-refractivity contribution in [2.45, 2.75) is 204 Å². The van der Waals surface area contributed by atoms with E-state index in [0.717, 1.165) is 57.8 Å². The van der Waals surface area contributed by atoms with Crippen molar-refractivity contribution >= 4 is 13.7 Å². The second-order valence-electron chi connectivity index (χ2n) is 15.4. The number of hydrogen-bond acceptors (Lipinski definition) is 11. The van der Waals surface area contributed by atoms with Gasteiger partial charge in [-0.15, -0.1) is 0 Å². The monoisotopic (exact) mass is 844 g/mol. The Morgan fingerprint density at radius 2 is 1.07 bits per heavy atom. The van der Waals surface area contributed by atoms with Gasteiger partial charge in [0.2, 0.25) is 5.91 Å². The van der Waals surface area contributed by atoms with Crippen LogP contribution in [0.1, 0.15) is 149 Å². The number of hydrogen-bond donors (Lipinski definition) is 9. The SMILES string of the molecule is CCCCC/C=C\C=C/CCCCCCC(O)CC(=O)NC(COP(=O)(O)OC1C(O)C(O)C(O)C(O)C1O)C(O)/C=C/CC/C=C/CC/C=C/CCCCCCC. The molecular weight excluding hydrogens is 765 g/mol. The Hall–Kier alpha value is -2.00. The highest BCUT2D eigenvalue weighted by molar-refractivity contribution is 7.47. The molecule has 0 heterocycles. The van der Waals surface area contributed by atoms with Crippen LogP contribution in [0.5, 0.6) is 0 Å². The highest BCUT2D eigenvalue weighted by atomic mass is 31.2. The first-order valence-electron chi connectivity index (χ1n) is 21.8. The third kappa shape index (κ3) is 25.6. The fourth-order valence-electron chi connectivity index (χ4n) is 6.44. The number of rotatable bonds is 34. The molecule has 9 N–H and O–H groups in total. The van der Waals surface area contributed by atoms with Gasteiger partial charge in [0.15, 0.2) is 0 Å². The Kier molecular flexibility index (Phi) is 31.4. The summed E-state index contributed by atoms with van der Waals surface area (Å²) in [5.41, 5.74) is 0. The fraction of sp³-hybridized carbons (Fsp3) is 0.750. The first-order valence-corrected chi connectivity index (χ1v) is 23.3. The predicted molar refractivity (Wildman–Crippen MR) is 229 cm³/mol. The van der Waals surface area contributed by atoms with Gasteiger partial charge in [-0.05, 0) is 70.6 Å². The van der Waals surface area contributed by atoms with E-state index in [9.17, 15) is 50.0 Å². The topological polar surface area (TPSA) is 226 Å². The van der Waals surface area contributed by atoms with Gasteiger partial charge >= 0.3 is 7.82 Å². The molecule has 1 aliphatic rings. The van der Waals surface area contributed by atoms with Crippen molar-refractivity contribution in [2.24, 2.45) is 0 Å². The minimum atomic E-state index is -5.16. The Morgan fingerprint density at radius 3 is 1.64 bits per heavy atom. The van der Waals surface area contributed by atoms with Gasteiger partial charge in [0.05, 0.1) is 31.3 Å². The minimum Gasteiger partial charge on any atom is -0.393 e. The number of phosphoric acid groups is 1. The van der Waals surface area contributed by atoms with Crippen molar-refractivity contribution in [1.82, 2.24) is 5.32 Å². The highest BCUT2D eigenvalue weighted by Gasteiger charge is 2.51. The lowest BCUT2D eigenvalue weighted by molar-refractivity contribution is -0.220. The van der Waals surface area contributed by atoms with Crippen LogP contribution in [0.2, 0.25) is 0 Å². The molecule has 0 aromatic rings. The lowest BCUT2D eigenvalue weighted by Gasteiger charge is -2.41.